The summed E-state index contributed by atoms with van der Waals surface area (Å²) in [5.74, 6) is 2.54. The van der Waals surface area contributed by atoms with Crippen LogP contribution in [-0.4, -0.2) is 11.5 Å². The lowest BCUT2D eigenvalue weighted by Crippen LogP contribution is -2.18. The Kier molecular flexibility index (Phi) is 3.27. The van der Waals surface area contributed by atoms with Gasteiger partial charge in [0.2, 0.25) is 0 Å². The number of hydrogen-bond donors (Lipinski definition) is 1. The summed E-state index contributed by atoms with van der Waals surface area (Å²) < 4.78 is 0. The fraction of sp³-hybridized carbons (Fsp3) is 0.444. The molecule has 1 heterocycles. The molecule has 0 spiro atoms. The van der Waals surface area contributed by atoms with Crippen molar-refractivity contribution in [3.8, 4) is 12.3 Å². The quantitative estimate of drug-likeness (QED) is 0.717. The van der Waals surface area contributed by atoms with Gasteiger partial charge in [0.05, 0.1) is 17.2 Å². The highest BCUT2D eigenvalue weighted by Crippen LogP contribution is 2.14. The summed E-state index contributed by atoms with van der Waals surface area (Å²) in [5, 5.41) is 6.33. The van der Waals surface area contributed by atoms with Crippen molar-refractivity contribution in [1.29, 1.82) is 0 Å². The topological polar surface area (TPSA) is 24.9 Å². The van der Waals surface area contributed by atoms with E-state index in [1.807, 2.05) is 6.92 Å². The molecule has 0 bridgehead atoms. The Bertz CT molecular complexity index is 285. The van der Waals surface area contributed by atoms with Crippen LogP contribution >= 0.6 is 11.3 Å². The molecule has 64 valence electrons. The Morgan fingerprint density at radius 1 is 1.83 bits per heavy atom. The molecule has 0 radical (unpaired) electrons. The second-order valence-electron chi connectivity index (χ2n) is 2.60. The third kappa shape index (κ3) is 2.33. The number of nitrogens with zero attached hydrogens (tertiary/aromatic N) is 1. The lowest BCUT2D eigenvalue weighted by molar-refractivity contribution is 0.609. The van der Waals surface area contributed by atoms with E-state index in [2.05, 4.69) is 28.5 Å². The van der Waals surface area contributed by atoms with Gasteiger partial charge in [-0.15, -0.1) is 17.8 Å². The zero-order valence-electron chi connectivity index (χ0n) is 7.29. The highest BCUT2D eigenvalue weighted by atomic mass is 32.1. The maximum atomic E-state index is 5.13. The predicted octanol–water partition coefficient (Wildman–Crippen LogP) is 1.74. The fourth-order valence-electron chi connectivity index (χ4n) is 0.896. The first-order chi connectivity index (χ1) is 5.74. The highest BCUT2D eigenvalue weighted by molar-refractivity contribution is 7.09. The van der Waals surface area contributed by atoms with E-state index in [9.17, 15) is 0 Å². The maximum absolute atomic E-state index is 5.13. The van der Waals surface area contributed by atoms with Crippen LogP contribution in [0.25, 0.3) is 0 Å². The van der Waals surface area contributed by atoms with E-state index in [4.69, 9.17) is 6.42 Å². The molecule has 1 atom stereocenters. The largest absolute Gasteiger partial charge is 0.298 e. The van der Waals surface area contributed by atoms with Crippen LogP contribution in [0.15, 0.2) is 5.38 Å². The summed E-state index contributed by atoms with van der Waals surface area (Å²) >= 11 is 1.66. The number of aryl methyl sites for hydroxylation is 1. The number of terminal acetylenes is 1. The number of aromatic nitrogens is 1. The van der Waals surface area contributed by atoms with Crippen molar-refractivity contribution < 1.29 is 0 Å². The zero-order valence-corrected chi connectivity index (χ0v) is 8.11. The molecule has 0 amide bonds. The van der Waals surface area contributed by atoms with Gasteiger partial charge >= 0.3 is 0 Å². The Morgan fingerprint density at radius 2 is 2.58 bits per heavy atom. The van der Waals surface area contributed by atoms with Gasteiger partial charge in [0.1, 0.15) is 0 Å². The highest BCUT2D eigenvalue weighted by Gasteiger charge is 2.06. The molecule has 0 aliphatic carbocycles. The molecule has 0 aliphatic rings. The van der Waals surface area contributed by atoms with Gasteiger partial charge in [-0.3, -0.25) is 5.32 Å². The third-order valence-electron chi connectivity index (χ3n) is 1.59. The van der Waals surface area contributed by atoms with Crippen LogP contribution in [0, 0.1) is 19.3 Å². The normalized spacial score (nSPS) is 12.4. The molecular weight excluding hydrogens is 168 g/mol. The Labute approximate surface area is 77.0 Å². The lowest BCUT2D eigenvalue weighted by Gasteiger charge is -2.07. The van der Waals surface area contributed by atoms with Gasteiger partial charge in [0.25, 0.3) is 0 Å². The van der Waals surface area contributed by atoms with E-state index >= 15 is 0 Å². The molecule has 0 saturated carbocycles. The Morgan fingerprint density at radius 3 is 3.08 bits per heavy atom. The van der Waals surface area contributed by atoms with Gasteiger partial charge < -0.3 is 0 Å². The molecular formula is C9H12N2S. The molecule has 0 aliphatic heterocycles. The first-order valence-corrected chi connectivity index (χ1v) is 4.71. The minimum Gasteiger partial charge on any atom is -0.298 e. The molecule has 1 aromatic rings. The van der Waals surface area contributed by atoms with Crippen molar-refractivity contribution in [1.82, 2.24) is 10.3 Å². The number of thiazole rings is 1. The van der Waals surface area contributed by atoms with Crippen LogP contribution in [0.3, 0.4) is 0 Å². The molecule has 2 nitrogen and oxygen atoms in total. The lowest BCUT2D eigenvalue weighted by atomic mass is 10.2. The second-order valence-corrected chi connectivity index (χ2v) is 3.66. The van der Waals surface area contributed by atoms with Gasteiger partial charge in [-0.25, -0.2) is 4.98 Å². The van der Waals surface area contributed by atoms with Crippen LogP contribution in [0.2, 0.25) is 0 Å². The summed E-state index contributed by atoms with van der Waals surface area (Å²) in [6.45, 7) is 4.66. The predicted molar refractivity (Wildman–Crippen MR) is 52.1 cm³/mol. The summed E-state index contributed by atoms with van der Waals surface area (Å²) in [6, 6.07) is 0.256. The van der Waals surface area contributed by atoms with Crippen molar-refractivity contribution in [2.24, 2.45) is 0 Å². The number of hydrogen-bond acceptors (Lipinski definition) is 3. The van der Waals surface area contributed by atoms with Crippen LogP contribution in [0.5, 0.6) is 0 Å². The maximum Gasteiger partial charge on any atom is 0.0898 e. The molecule has 3 heteroatoms. The SMILES string of the molecule is C#CCNC(C)c1csc(C)n1. The van der Waals surface area contributed by atoms with Crippen molar-refractivity contribution >= 4 is 11.3 Å². The Balaban J connectivity index is 2.54. The van der Waals surface area contributed by atoms with E-state index in [0.29, 0.717) is 6.54 Å². The fourth-order valence-corrected chi connectivity index (χ4v) is 1.60. The van der Waals surface area contributed by atoms with Crippen LogP contribution in [0.1, 0.15) is 23.7 Å². The van der Waals surface area contributed by atoms with Gasteiger partial charge in [-0.05, 0) is 13.8 Å². The minimum atomic E-state index is 0.256. The van der Waals surface area contributed by atoms with Crippen molar-refractivity contribution in [3.05, 3.63) is 16.1 Å². The van der Waals surface area contributed by atoms with E-state index in [1.54, 1.807) is 11.3 Å². The van der Waals surface area contributed by atoms with E-state index in [0.717, 1.165) is 10.7 Å². The van der Waals surface area contributed by atoms with Crippen LogP contribution in [-0.2, 0) is 0 Å². The smallest absolute Gasteiger partial charge is 0.0898 e. The molecule has 1 rings (SSSR count). The van der Waals surface area contributed by atoms with Gasteiger partial charge in [-0.1, -0.05) is 5.92 Å². The average molecular weight is 180 g/mol. The van der Waals surface area contributed by atoms with Gasteiger partial charge in [0, 0.05) is 11.4 Å². The first kappa shape index (κ1) is 9.24. The summed E-state index contributed by atoms with van der Waals surface area (Å²) in [6.07, 6.45) is 5.13. The van der Waals surface area contributed by atoms with E-state index in [1.165, 1.54) is 0 Å². The molecule has 0 fully saturated rings. The summed E-state index contributed by atoms with van der Waals surface area (Å²) in [5.41, 5.74) is 1.08. The standard InChI is InChI=1S/C9H12N2S/c1-4-5-10-7(2)9-6-12-8(3)11-9/h1,6-7,10H,5H2,2-3H3. The Hall–Kier alpha value is -0.850. The summed E-state index contributed by atoms with van der Waals surface area (Å²) in [4.78, 5) is 4.35. The summed E-state index contributed by atoms with van der Waals surface area (Å²) in [7, 11) is 0. The second kappa shape index (κ2) is 4.24. The minimum absolute atomic E-state index is 0.256. The van der Waals surface area contributed by atoms with Crippen molar-refractivity contribution in [3.63, 3.8) is 0 Å². The number of rotatable bonds is 3. The first-order valence-electron chi connectivity index (χ1n) is 3.83. The van der Waals surface area contributed by atoms with Crippen LogP contribution < -0.4 is 5.32 Å². The molecule has 1 N–H and O–H groups in total. The van der Waals surface area contributed by atoms with Crippen LogP contribution in [0.4, 0.5) is 0 Å². The van der Waals surface area contributed by atoms with Gasteiger partial charge in [0.15, 0.2) is 0 Å². The molecule has 0 aromatic carbocycles. The molecule has 12 heavy (non-hydrogen) atoms. The monoisotopic (exact) mass is 180 g/mol. The molecule has 0 saturated heterocycles. The van der Waals surface area contributed by atoms with Crippen molar-refractivity contribution in [2.45, 2.75) is 19.9 Å². The average Bonchev–Trinajstić information content (AvgIpc) is 2.47. The van der Waals surface area contributed by atoms with Gasteiger partial charge in [-0.2, -0.15) is 0 Å². The zero-order chi connectivity index (χ0) is 8.97. The van der Waals surface area contributed by atoms with E-state index < -0.39 is 0 Å². The number of nitrogens with one attached hydrogen (secondary N) is 1. The molecule has 1 unspecified atom stereocenters. The van der Waals surface area contributed by atoms with E-state index in [-0.39, 0.29) is 6.04 Å². The van der Waals surface area contributed by atoms with Crippen molar-refractivity contribution in [2.75, 3.05) is 6.54 Å². The third-order valence-corrected chi connectivity index (χ3v) is 2.38. The molecule has 1 aromatic heterocycles.